The van der Waals surface area contributed by atoms with Gasteiger partial charge < -0.3 is 5.32 Å². The van der Waals surface area contributed by atoms with E-state index in [0.29, 0.717) is 6.42 Å². The van der Waals surface area contributed by atoms with E-state index in [1.165, 1.54) is 32.1 Å². The Morgan fingerprint density at radius 2 is 1.47 bits per heavy atom. The lowest BCUT2D eigenvalue weighted by Crippen LogP contribution is -2.32. The highest BCUT2D eigenvalue weighted by Gasteiger charge is 2.16. The van der Waals surface area contributed by atoms with Gasteiger partial charge in [0.1, 0.15) is 0 Å². The standard InChI is InChI=1S/C12H25F2N/c1-3-4-5-6-7-8-9-10-11(15-2)12(13)14/h11-12,15H,3-10H2,1-2H3. The molecule has 0 aromatic rings. The molecule has 1 nitrogen and oxygen atoms in total. The first-order valence-corrected chi connectivity index (χ1v) is 6.17. The molecule has 0 rings (SSSR count). The van der Waals surface area contributed by atoms with Crippen molar-refractivity contribution >= 4 is 0 Å². The molecule has 0 radical (unpaired) electrons. The largest absolute Gasteiger partial charge is 0.312 e. The number of alkyl halides is 2. The molecule has 0 aliphatic rings. The van der Waals surface area contributed by atoms with Crippen LogP contribution in [0.25, 0.3) is 0 Å². The molecule has 3 heteroatoms. The fourth-order valence-electron chi connectivity index (χ4n) is 1.72. The number of unbranched alkanes of at least 4 members (excludes halogenated alkanes) is 6. The van der Waals surface area contributed by atoms with E-state index in [0.717, 1.165) is 12.8 Å². The Kier molecular flexibility index (Phi) is 10.2. The highest BCUT2D eigenvalue weighted by molar-refractivity contribution is 4.66. The van der Waals surface area contributed by atoms with Gasteiger partial charge in [0, 0.05) is 0 Å². The summed E-state index contributed by atoms with van der Waals surface area (Å²) >= 11 is 0. The Hall–Kier alpha value is -0.180. The van der Waals surface area contributed by atoms with Crippen molar-refractivity contribution in [1.82, 2.24) is 5.32 Å². The summed E-state index contributed by atoms with van der Waals surface area (Å²) in [6.45, 7) is 2.19. The van der Waals surface area contributed by atoms with Gasteiger partial charge in [-0.15, -0.1) is 0 Å². The van der Waals surface area contributed by atoms with Gasteiger partial charge in [0.2, 0.25) is 0 Å². The first-order chi connectivity index (χ1) is 7.22. The maximum absolute atomic E-state index is 12.3. The fourth-order valence-corrected chi connectivity index (χ4v) is 1.72. The fraction of sp³-hybridized carbons (Fsp3) is 1.00. The third kappa shape index (κ3) is 8.79. The Balaban J connectivity index is 3.22. The average molecular weight is 221 g/mol. The average Bonchev–Trinajstić information content (AvgIpc) is 2.21. The van der Waals surface area contributed by atoms with Crippen LogP contribution in [0, 0.1) is 0 Å². The predicted octanol–water partition coefficient (Wildman–Crippen LogP) is 3.98. The minimum atomic E-state index is -2.23. The van der Waals surface area contributed by atoms with E-state index < -0.39 is 12.5 Å². The van der Waals surface area contributed by atoms with Crippen molar-refractivity contribution in [3.05, 3.63) is 0 Å². The Labute approximate surface area is 92.6 Å². The second-order valence-electron chi connectivity index (χ2n) is 4.14. The van der Waals surface area contributed by atoms with Crippen LogP contribution in [0.1, 0.15) is 58.3 Å². The molecule has 0 spiro atoms. The highest BCUT2D eigenvalue weighted by Crippen LogP contribution is 2.12. The molecule has 15 heavy (non-hydrogen) atoms. The van der Waals surface area contributed by atoms with Crippen LogP contribution in [0.4, 0.5) is 8.78 Å². The number of halogens is 2. The van der Waals surface area contributed by atoms with Crippen molar-refractivity contribution in [3.8, 4) is 0 Å². The molecule has 0 heterocycles. The van der Waals surface area contributed by atoms with E-state index in [9.17, 15) is 8.78 Å². The van der Waals surface area contributed by atoms with E-state index in [2.05, 4.69) is 12.2 Å². The van der Waals surface area contributed by atoms with Gasteiger partial charge in [-0.1, -0.05) is 51.9 Å². The Morgan fingerprint density at radius 3 is 1.93 bits per heavy atom. The van der Waals surface area contributed by atoms with Gasteiger partial charge >= 0.3 is 0 Å². The number of rotatable bonds is 10. The molecule has 1 atom stereocenters. The van der Waals surface area contributed by atoms with Crippen LogP contribution in [0.3, 0.4) is 0 Å². The van der Waals surface area contributed by atoms with E-state index in [4.69, 9.17) is 0 Å². The Morgan fingerprint density at radius 1 is 0.933 bits per heavy atom. The zero-order valence-electron chi connectivity index (χ0n) is 10.1. The summed E-state index contributed by atoms with van der Waals surface area (Å²) < 4.78 is 24.6. The maximum Gasteiger partial charge on any atom is 0.253 e. The molecule has 0 aliphatic heterocycles. The minimum absolute atomic E-state index is 0.599. The SMILES string of the molecule is CCCCCCCCCC(NC)C(F)F. The second kappa shape index (κ2) is 10.3. The molecule has 1 unspecified atom stereocenters. The lowest BCUT2D eigenvalue weighted by molar-refractivity contribution is 0.0965. The molecular weight excluding hydrogens is 196 g/mol. The van der Waals surface area contributed by atoms with E-state index in [1.807, 2.05) is 0 Å². The molecule has 0 bridgehead atoms. The summed E-state index contributed by atoms with van der Waals surface area (Å²) in [5.41, 5.74) is 0. The predicted molar refractivity (Wildman–Crippen MR) is 61.5 cm³/mol. The minimum Gasteiger partial charge on any atom is -0.312 e. The monoisotopic (exact) mass is 221 g/mol. The van der Waals surface area contributed by atoms with E-state index >= 15 is 0 Å². The van der Waals surface area contributed by atoms with Gasteiger partial charge in [0.05, 0.1) is 6.04 Å². The van der Waals surface area contributed by atoms with E-state index in [-0.39, 0.29) is 0 Å². The molecule has 92 valence electrons. The van der Waals surface area contributed by atoms with Gasteiger partial charge in [-0.3, -0.25) is 0 Å². The molecular formula is C12H25F2N. The quantitative estimate of drug-likeness (QED) is 0.550. The topological polar surface area (TPSA) is 12.0 Å². The molecule has 0 fully saturated rings. The van der Waals surface area contributed by atoms with Gasteiger partial charge in [-0.05, 0) is 13.5 Å². The number of nitrogens with one attached hydrogen (secondary N) is 1. The summed E-state index contributed by atoms with van der Waals surface area (Å²) in [5, 5.41) is 2.66. The summed E-state index contributed by atoms with van der Waals surface area (Å²) in [4.78, 5) is 0. The van der Waals surface area contributed by atoms with Gasteiger partial charge in [0.15, 0.2) is 0 Å². The van der Waals surface area contributed by atoms with Crippen molar-refractivity contribution < 1.29 is 8.78 Å². The van der Waals surface area contributed by atoms with Crippen molar-refractivity contribution in [2.24, 2.45) is 0 Å². The summed E-state index contributed by atoms with van der Waals surface area (Å²) in [5.74, 6) is 0. The van der Waals surface area contributed by atoms with Crippen LogP contribution in [0.15, 0.2) is 0 Å². The van der Waals surface area contributed by atoms with Crippen molar-refractivity contribution in [3.63, 3.8) is 0 Å². The van der Waals surface area contributed by atoms with Crippen LogP contribution in [0.2, 0.25) is 0 Å². The zero-order chi connectivity index (χ0) is 11.5. The highest BCUT2D eigenvalue weighted by atomic mass is 19.3. The van der Waals surface area contributed by atoms with Crippen LogP contribution >= 0.6 is 0 Å². The maximum atomic E-state index is 12.3. The molecule has 0 amide bonds. The van der Waals surface area contributed by atoms with Crippen LogP contribution in [-0.2, 0) is 0 Å². The third-order valence-corrected chi connectivity index (χ3v) is 2.79. The molecule has 0 aliphatic carbocycles. The van der Waals surface area contributed by atoms with Crippen molar-refractivity contribution in [2.45, 2.75) is 70.8 Å². The second-order valence-corrected chi connectivity index (χ2v) is 4.14. The van der Waals surface area contributed by atoms with Gasteiger partial charge in [0.25, 0.3) is 6.43 Å². The zero-order valence-corrected chi connectivity index (χ0v) is 10.1. The first-order valence-electron chi connectivity index (χ1n) is 6.17. The molecule has 0 aromatic heterocycles. The lowest BCUT2D eigenvalue weighted by Gasteiger charge is -2.14. The van der Waals surface area contributed by atoms with Crippen LogP contribution in [0.5, 0.6) is 0 Å². The molecule has 0 saturated carbocycles. The van der Waals surface area contributed by atoms with E-state index in [1.54, 1.807) is 7.05 Å². The number of hydrogen-bond donors (Lipinski definition) is 1. The van der Waals surface area contributed by atoms with Crippen molar-refractivity contribution in [2.75, 3.05) is 7.05 Å². The Bertz CT molecular complexity index is 129. The first kappa shape index (κ1) is 14.8. The lowest BCUT2D eigenvalue weighted by atomic mass is 10.1. The van der Waals surface area contributed by atoms with Crippen molar-refractivity contribution in [1.29, 1.82) is 0 Å². The van der Waals surface area contributed by atoms with Crippen LogP contribution < -0.4 is 5.32 Å². The van der Waals surface area contributed by atoms with Gasteiger partial charge in [-0.2, -0.15) is 0 Å². The smallest absolute Gasteiger partial charge is 0.253 e. The van der Waals surface area contributed by atoms with Crippen LogP contribution in [-0.4, -0.2) is 19.5 Å². The summed E-state index contributed by atoms with van der Waals surface area (Å²) in [6, 6.07) is -0.611. The third-order valence-electron chi connectivity index (χ3n) is 2.79. The summed E-state index contributed by atoms with van der Waals surface area (Å²) in [6.07, 6.45) is 6.69. The normalized spacial score (nSPS) is 13.4. The molecule has 1 N–H and O–H groups in total. The summed E-state index contributed by atoms with van der Waals surface area (Å²) in [7, 11) is 1.61. The number of hydrogen-bond acceptors (Lipinski definition) is 1. The molecule has 0 saturated heterocycles. The molecule has 0 aromatic carbocycles. The van der Waals surface area contributed by atoms with Gasteiger partial charge in [-0.25, -0.2) is 8.78 Å².